The smallest absolute Gasteiger partial charge is 0.175 e. The van der Waals surface area contributed by atoms with Crippen LogP contribution in [0.5, 0.6) is 11.5 Å². The van der Waals surface area contributed by atoms with E-state index in [1.54, 1.807) is 7.11 Å². The van der Waals surface area contributed by atoms with Crippen molar-refractivity contribution in [1.82, 2.24) is 5.32 Å². The summed E-state index contributed by atoms with van der Waals surface area (Å²) in [6.07, 6.45) is 2.16. The normalized spacial score (nSPS) is 21.8. The van der Waals surface area contributed by atoms with Gasteiger partial charge in [-0.05, 0) is 52.9 Å². The lowest BCUT2D eigenvalue weighted by molar-refractivity contribution is 0.0581. The van der Waals surface area contributed by atoms with Gasteiger partial charge in [0.15, 0.2) is 11.5 Å². The molecule has 21 heavy (non-hydrogen) atoms. The third-order valence-corrected chi connectivity index (χ3v) is 4.28. The van der Waals surface area contributed by atoms with Crippen molar-refractivity contribution in [2.24, 2.45) is 0 Å². The van der Waals surface area contributed by atoms with Crippen LogP contribution in [0.3, 0.4) is 0 Å². The molecule has 0 spiro atoms. The van der Waals surface area contributed by atoms with Gasteiger partial charge in [-0.25, -0.2) is 0 Å². The maximum absolute atomic E-state index is 9.91. The maximum Gasteiger partial charge on any atom is 0.175 e. The molecule has 0 amide bonds. The molecule has 0 radical (unpaired) electrons. The standard InChI is InChI=1S/C16H24BrNO3/c1-10(2)18-9-11-7-12(17)16(15(8-11)20-3)21-14-6-4-5-13(14)19/h7-8,10,13-14,18-19H,4-6,9H2,1-3H3. The predicted octanol–water partition coefficient (Wildman–Crippen LogP) is 3.25. The minimum atomic E-state index is -0.385. The summed E-state index contributed by atoms with van der Waals surface area (Å²) in [6, 6.07) is 4.45. The van der Waals surface area contributed by atoms with Crippen molar-refractivity contribution >= 4 is 15.9 Å². The van der Waals surface area contributed by atoms with Gasteiger partial charge in [0, 0.05) is 12.6 Å². The summed E-state index contributed by atoms with van der Waals surface area (Å²) in [5.41, 5.74) is 1.13. The van der Waals surface area contributed by atoms with Gasteiger partial charge in [-0.3, -0.25) is 0 Å². The van der Waals surface area contributed by atoms with Crippen LogP contribution in [-0.4, -0.2) is 30.5 Å². The molecule has 118 valence electrons. The molecule has 1 aliphatic carbocycles. The molecule has 2 atom stereocenters. The Morgan fingerprint density at radius 3 is 2.71 bits per heavy atom. The summed E-state index contributed by atoms with van der Waals surface area (Å²) in [7, 11) is 1.64. The molecule has 2 rings (SSSR count). The fourth-order valence-electron chi connectivity index (χ4n) is 2.51. The summed E-state index contributed by atoms with van der Waals surface area (Å²) in [6.45, 7) is 5.01. The number of hydrogen-bond donors (Lipinski definition) is 2. The molecule has 1 aromatic rings. The van der Waals surface area contributed by atoms with Gasteiger partial charge in [0.05, 0.1) is 17.7 Å². The lowest BCUT2D eigenvalue weighted by Crippen LogP contribution is -2.26. The Labute approximate surface area is 135 Å². The molecule has 1 fully saturated rings. The molecule has 1 saturated carbocycles. The van der Waals surface area contributed by atoms with E-state index in [-0.39, 0.29) is 12.2 Å². The third kappa shape index (κ3) is 4.34. The van der Waals surface area contributed by atoms with E-state index in [0.717, 1.165) is 35.8 Å². The van der Waals surface area contributed by atoms with Gasteiger partial charge < -0.3 is 19.9 Å². The number of rotatable bonds is 6. The van der Waals surface area contributed by atoms with Crippen LogP contribution in [0.1, 0.15) is 38.7 Å². The van der Waals surface area contributed by atoms with Crippen molar-refractivity contribution in [1.29, 1.82) is 0 Å². The first-order valence-electron chi connectivity index (χ1n) is 7.45. The van der Waals surface area contributed by atoms with Crippen molar-refractivity contribution in [2.45, 2.75) is 57.9 Å². The molecule has 0 aliphatic heterocycles. The third-order valence-electron chi connectivity index (χ3n) is 3.69. The van der Waals surface area contributed by atoms with Crippen LogP contribution in [0.4, 0.5) is 0 Å². The number of ether oxygens (including phenoxy) is 2. The van der Waals surface area contributed by atoms with E-state index in [1.165, 1.54) is 0 Å². The Morgan fingerprint density at radius 1 is 1.38 bits per heavy atom. The van der Waals surface area contributed by atoms with Crippen LogP contribution in [0, 0.1) is 0 Å². The second-order valence-electron chi connectivity index (χ2n) is 5.80. The van der Waals surface area contributed by atoms with Gasteiger partial charge >= 0.3 is 0 Å². The van der Waals surface area contributed by atoms with Crippen molar-refractivity contribution < 1.29 is 14.6 Å². The first kappa shape index (κ1) is 16.6. The van der Waals surface area contributed by atoms with E-state index in [1.807, 2.05) is 12.1 Å². The molecular formula is C16H24BrNO3. The minimum absolute atomic E-state index is 0.144. The van der Waals surface area contributed by atoms with Gasteiger partial charge in [0.1, 0.15) is 6.10 Å². The van der Waals surface area contributed by atoms with E-state index < -0.39 is 0 Å². The second-order valence-corrected chi connectivity index (χ2v) is 6.65. The van der Waals surface area contributed by atoms with E-state index in [0.29, 0.717) is 17.5 Å². The lowest BCUT2D eigenvalue weighted by atomic mass is 10.2. The van der Waals surface area contributed by atoms with Crippen LogP contribution < -0.4 is 14.8 Å². The van der Waals surface area contributed by atoms with Crippen molar-refractivity contribution in [3.8, 4) is 11.5 Å². The van der Waals surface area contributed by atoms with E-state index in [4.69, 9.17) is 9.47 Å². The maximum atomic E-state index is 9.91. The van der Waals surface area contributed by atoms with Gasteiger partial charge in [0.2, 0.25) is 0 Å². The molecule has 1 aromatic carbocycles. The first-order valence-corrected chi connectivity index (χ1v) is 8.25. The van der Waals surface area contributed by atoms with Crippen LogP contribution in [0.25, 0.3) is 0 Å². The number of methoxy groups -OCH3 is 1. The Morgan fingerprint density at radius 2 is 2.14 bits per heavy atom. The Balaban J connectivity index is 2.16. The molecule has 2 N–H and O–H groups in total. The first-order chi connectivity index (χ1) is 10.0. The Bertz CT molecular complexity index is 479. The molecule has 0 bridgehead atoms. The van der Waals surface area contributed by atoms with Crippen molar-refractivity contribution in [2.75, 3.05) is 7.11 Å². The Hall–Kier alpha value is -0.780. The summed E-state index contributed by atoms with van der Waals surface area (Å²) in [4.78, 5) is 0. The fraction of sp³-hybridized carbons (Fsp3) is 0.625. The fourth-order valence-corrected chi connectivity index (χ4v) is 3.09. The lowest BCUT2D eigenvalue weighted by Gasteiger charge is -2.21. The highest BCUT2D eigenvalue weighted by atomic mass is 79.9. The van der Waals surface area contributed by atoms with E-state index >= 15 is 0 Å². The predicted molar refractivity (Wildman–Crippen MR) is 86.9 cm³/mol. The molecule has 0 heterocycles. The van der Waals surface area contributed by atoms with Crippen LogP contribution >= 0.6 is 15.9 Å². The average Bonchev–Trinajstić information content (AvgIpc) is 2.84. The van der Waals surface area contributed by atoms with E-state index in [9.17, 15) is 5.11 Å². The average molecular weight is 358 g/mol. The van der Waals surface area contributed by atoms with E-state index in [2.05, 4.69) is 35.1 Å². The number of benzene rings is 1. The zero-order valence-electron chi connectivity index (χ0n) is 12.9. The van der Waals surface area contributed by atoms with Gasteiger partial charge in [-0.2, -0.15) is 0 Å². The number of nitrogens with one attached hydrogen (secondary N) is 1. The summed E-state index contributed by atoms with van der Waals surface area (Å²) < 4.78 is 12.3. The topological polar surface area (TPSA) is 50.7 Å². The molecule has 0 saturated heterocycles. The zero-order chi connectivity index (χ0) is 15.4. The number of hydrogen-bond acceptors (Lipinski definition) is 4. The molecule has 5 heteroatoms. The highest BCUT2D eigenvalue weighted by Crippen LogP contribution is 2.39. The molecule has 2 unspecified atom stereocenters. The largest absolute Gasteiger partial charge is 0.493 e. The molecular weight excluding hydrogens is 334 g/mol. The highest BCUT2D eigenvalue weighted by molar-refractivity contribution is 9.10. The van der Waals surface area contributed by atoms with Gasteiger partial charge in [0.25, 0.3) is 0 Å². The number of aliphatic hydroxyl groups excluding tert-OH is 1. The number of halogens is 1. The van der Waals surface area contributed by atoms with Gasteiger partial charge in [-0.15, -0.1) is 0 Å². The van der Waals surface area contributed by atoms with Crippen LogP contribution in [0.15, 0.2) is 16.6 Å². The molecule has 1 aliphatic rings. The second kappa shape index (κ2) is 7.47. The number of aliphatic hydroxyl groups is 1. The van der Waals surface area contributed by atoms with Gasteiger partial charge in [-0.1, -0.05) is 13.8 Å². The quantitative estimate of drug-likeness (QED) is 0.820. The summed E-state index contributed by atoms with van der Waals surface area (Å²) in [5.74, 6) is 1.38. The minimum Gasteiger partial charge on any atom is -0.493 e. The monoisotopic (exact) mass is 357 g/mol. The summed E-state index contributed by atoms with van der Waals surface area (Å²) in [5, 5.41) is 13.3. The summed E-state index contributed by atoms with van der Waals surface area (Å²) >= 11 is 3.56. The van der Waals surface area contributed by atoms with Crippen molar-refractivity contribution in [3.63, 3.8) is 0 Å². The van der Waals surface area contributed by atoms with Crippen molar-refractivity contribution in [3.05, 3.63) is 22.2 Å². The van der Waals surface area contributed by atoms with Crippen LogP contribution in [0.2, 0.25) is 0 Å². The Kier molecular flexibility index (Phi) is 5.90. The zero-order valence-corrected chi connectivity index (χ0v) is 14.4. The molecule has 4 nitrogen and oxygen atoms in total. The molecule has 0 aromatic heterocycles. The SMILES string of the molecule is COc1cc(CNC(C)C)cc(Br)c1OC1CCCC1O. The highest BCUT2D eigenvalue weighted by Gasteiger charge is 2.28. The van der Waals surface area contributed by atoms with Crippen LogP contribution in [-0.2, 0) is 6.54 Å².